The first kappa shape index (κ1) is 12.1. The summed E-state index contributed by atoms with van der Waals surface area (Å²) in [5.74, 6) is 2.66. The van der Waals surface area contributed by atoms with Crippen molar-refractivity contribution in [2.75, 3.05) is 37.4 Å². The Hall–Kier alpha value is -1.36. The summed E-state index contributed by atoms with van der Waals surface area (Å²) < 4.78 is 0. The van der Waals surface area contributed by atoms with Crippen molar-refractivity contribution in [3.8, 4) is 0 Å². The van der Waals surface area contributed by atoms with Crippen molar-refractivity contribution in [1.82, 2.24) is 15.3 Å². The van der Waals surface area contributed by atoms with E-state index in [4.69, 9.17) is 0 Å². The molecule has 1 atom stereocenters. The van der Waals surface area contributed by atoms with Gasteiger partial charge in [0, 0.05) is 32.7 Å². The van der Waals surface area contributed by atoms with Crippen LogP contribution in [0.2, 0.25) is 0 Å². The number of hydrogen-bond acceptors (Lipinski definition) is 5. The van der Waals surface area contributed by atoms with Crippen molar-refractivity contribution in [2.45, 2.75) is 25.8 Å². The largest absolute Gasteiger partial charge is 0.368 e. The molecule has 2 N–H and O–H groups in total. The lowest BCUT2D eigenvalue weighted by Gasteiger charge is -2.15. The summed E-state index contributed by atoms with van der Waals surface area (Å²) in [5.41, 5.74) is 0. The zero-order chi connectivity index (χ0) is 12.3. The van der Waals surface area contributed by atoms with Gasteiger partial charge in [-0.1, -0.05) is 0 Å². The Balaban J connectivity index is 1.99. The molecular formula is C12H21N5. The molecule has 2 heterocycles. The zero-order valence-electron chi connectivity index (χ0n) is 10.8. The van der Waals surface area contributed by atoms with Crippen molar-refractivity contribution in [1.29, 1.82) is 0 Å². The van der Waals surface area contributed by atoms with Crippen LogP contribution in [0.5, 0.6) is 0 Å². The van der Waals surface area contributed by atoms with Crippen LogP contribution in [-0.2, 0) is 0 Å². The smallest absolute Gasteiger partial charge is 0.133 e. The Labute approximate surface area is 103 Å². The van der Waals surface area contributed by atoms with Crippen molar-refractivity contribution in [3.63, 3.8) is 0 Å². The van der Waals surface area contributed by atoms with Crippen LogP contribution in [0.4, 0.5) is 11.6 Å². The average molecular weight is 235 g/mol. The summed E-state index contributed by atoms with van der Waals surface area (Å²) in [5, 5.41) is 6.84. The van der Waals surface area contributed by atoms with Crippen molar-refractivity contribution >= 4 is 11.6 Å². The molecular weight excluding hydrogens is 214 g/mol. The molecule has 5 heteroatoms. The van der Waals surface area contributed by atoms with Gasteiger partial charge in [0.1, 0.15) is 17.5 Å². The third kappa shape index (κ3) is 3.30. The van der Waals surface area contributed by atoms with Gasteiger partial charge in [-0.15, -0.1) is 0 Å². The Kier molecular flexibility index (Phi) is 3.78. The van der Waals surface area contributed by atoms with Crippen LogP contribution in [0.3, 0.4) is 0 Å². The van der Waals surface area contributed by atoms with Crippen molar-refractivity contribution in [3.05, 3.63) is 11.9 Å². The SMILES string of the molecule is Cc1nc(NCC2CCCN2)cc(N(C)C)n1. The fraction of sp³-hybridized carbons (Fsp3) is 0.667. The summed E-state index contributed by atoms with van der Waals surface area (Å²) >= 11 is 0. The van der Waals surface area contributed by atoms with E-state index in [1.54, 1.807) is 0 Å². The van der Waals surface area contributed by atoms with E-state index in [0.717, 1.165) is 30.5 Å². The molecule has 5 nitrogen and oxygen atoms in total. The van der Waals surface area contributed by atoms with Gasteiger partial charge in [-0.2, -0.15) is 0 Å². The summed E-state index contributed by atoms with van der Waals surface area (Å²) in [6.45, 7) is 3.99. The topological polar surface area (TPSA) is 53.1 Å². The highest BCUT2D eigenvalue weighted by atomic mass is 15.2. The number of nitrogens with zero attached hydrogens (tertiary/aromatic N) is 3. The Morgan fingerprint density at radius 3 is 2.94 bits per heavy atom. The molecule has 94 valence electrons. The van der Waals surface area contributed by atoms with Gasteiger partial charge in [-0.25, -0.2) is 9.97 Å². The summed E-state index contributed by atoms with van der Waals surface area (Å²) in [7, 11) is 3.98. The maximum atomic E-state index is 4.40. The van der Waals surface area contributed by atoms with Gasteiger partial charge < -0.3 is 15.5 Å². The second kappa shape index (κ2) is 5.31. The molecule has 1 aromatic rings. The first-order valence-corrected chi connectivity index (χ1v) is 6.15. The molecule has 1 aromatic heterocycles. The molecule has 0 bridgehead atoms. The minimum absolute atomic E-state index is 0.577. The Bertz CT molecular complexity index is 371. The predicted octanol–water partition coefficient (Wildman–Crippen LogP) is 1.01. The average Bonchev–Trinajstić information content (AvgIpc) is 2.78. The Morgan fingerprint density at radius 2 is 2.29 bits per heavy atom. The normalized spacial score (nSPS) is 19.4. The van der Waals surface area contributed by atoms with E-state index in [0.29, 0.717) is 6.04 Å². The highest BCUT2D eigenvalue weighted by Crippen LogP contribution is 2.14. The molecule has 0 aliphatic carbocycles. The van der Waals surface area contributed by atoms with Gasteiger partial charge >= 0.3 is 0 Å². The lowest BCUT2D eigenvalue weighted by molar-refractivity contribution is 0.632. The fourth-order valence-electron chi connectivity index (χ4n) is 2.03. The molecule has 0 saturated carbocycles. The number of rotatable bonds is 4. The van der Waals surface area contributed by atoms with Crippen LogP contribution in [0.25, 0.3) is 0 Å². The first-order chi connectivity index (χ1) is 8.15. The van der Waals surface area contributed by atoms with Gasteiger partial charge in [0.2, 0.25) is 0 Å². The molecule has 0 spiro atoms. The second-order valence-electron chi connectivity index (χ2n) is 4.73. The molecule has 0 radical (unpaired) electrons. The standard InChI is InChI=1S/C12H21N5/c1-9-15-11(7-12(16-9)17(2)3)14-8-10-5-4-6-13-10/h7,10,13H,4-6,8H2,1-3H3,(H,14,15,16). The number of aryl methyl sites for hydroxylation is 1. The lowest BCUT2D eigenvalue weighted by Crippen LogP contribution is -2.29. The van der Waals surface area contributed by atoms with E-state index in [9.17, 15) is 0 Å². The first-order valence-electron chi connectivity index (χ1n) is 6.15. The maximum Gasteiger partial charge on any atom is 0.133 e. The summed E-state index contributed by atoms with van der Waals surface area (Å²) in [4.78, 5) is 10.8. The van der Waals surface area contributed by atoms with Gasteiger partial charge in [0.15, 0.2) is 0 Å². The van der Waals surface area contributed by atoms with E-state index >= 15 is 0 Å². The molecule has 0 aromatic carbocycles. The van der Waals surface area contributed by atoms with Crippen LogP contribution < -0.4 is 15.5 Å². The Morgan fingerprint density at radius 1 is 1.47 bits per heavy atom. The van der Waals surface area contributed by atoms with Gasteiger partial charge in [-0.05, 0) is 26.3 Å². The van der Waals surface area contributed by atoms with E-state index < -0.39 is 0 Å². The summed E-state index contributed by atoms with van der Waals surface area (Å²) in [6.07, 6.45) is 2.52. The lowest BCUT2D eigenvalue weighted by atomic mass is 10.2. The summed E-state index contributed by atoms with van der Waals surface area (Å²) in [6, 6.07) is 2.56. The van der Waals surface area contributed by atoms with Crippen LogP contribution in [0, 0.1) is 6.92 Å². The predicted molar refractivity (Wildman–Crippen MR) is 70.6 cm³/mol. The highest BCUT2D eigenvalue weighted by Gasteiger charge is 2.13. The van der Waals surface area contributed by atoms with Gasteiger partial charge in [-0.3, -0.25) is 0 Å². The zero-order valence-corrected chi connectivity index (χ0v) is 10.8. The number of anilines is 2. The number of aromatic nitrogens is 2. The fourth-order valence-corrected chi connectivity index (χ4v) is 2.03. The quantitative estimate of drug-likeness (QED) is 0.816. The van der Waals surface area contributed by atoms with Crippen LogP contribution in [-0.4, -0.2) is 43.2 Å². The van der Waals surface area contributed by atoms with Crippen LogP contribution in [0.15, 0.2) is 6.07 Å². The molecule has 17 heavy (non-hydrogen) atoms. The van der Waals surface area contributed by atoms with Crippen LogP contribution >= 0.6 is 0 Å². The molecule has 0 amide bonds. The molecule has 2 rings (SSSR count). The van der Waals surface area contributed by atoms with Gasteiger partial charge in [0.05, 0.1) is 0 Å². The molecule has 1 aliphatic rings. The molecule has 1 saturated heterocycles. The maximum absolute atomic E-state index is 4.40. The van der Waals surface area contributed by atoms with Crippen molar-refractivity contribution < 1.29 is 0 Å². The molecule has 1 aliphatic heterocycles. The number of nitrogens with one attached hydrogen (secondary N) is 2. The minimum Gasteiger partial charge on any atom is -0.368 e. The third-order valence-electron chi connectivity index (χ3n) is 2.97. The van der Waals surface area contributed by atoms with Gasteiger partial charge in [0.25, 0.3) is 0 Å². The van der Waals surface area contributed by atoms with Crippen molar-refractivity contribution in [2.24, 2.45) is 0 Å². The highest BCUT2D eigenvalue weighted by molar-refractivity contribution is 5.48. The van der Waals surface area contributed by atoms with E-state index in [1.807, 2.05) is 32.0 Å². The van der Waals surface area contributed by atoms with E-state index in [2.05, 4.69) is 20.6 Å². The van der Waals surface area contributed by atoms with Crippen LogP contribution in [0.1, 0.15) is 18.7 Å². The van der Waals surface area contributed by atoms with E-state index in [-0.39, 0.29) is 0 Å². The monoisotopic (exact) mass is 235 g/mol. The molecule has 1 fully saturated rings. The molecule has 1 unspecified atom stereocenters. The second-order valence-corrected chi connectivity index (χ2v) is 4.73. The minimum atomic E-state index is 0.577. The number of hydrogen-bond donors (Lipinski definition) is 2. The third-order valence-corrected chi connectivity index (χ3v) is 2.97. The van der Waals surface area contributed by atoms with E-state index in [1.165, 1.54) is 12.8 Å².